The lowest BCUT2D eigenvalue weighted by atomic mass is 9.88. The molecule has 0 saturated heterocycles. The van der Waals surface area contributed by atoms with E-state index in [1.165, 1.54) is 7.11 Å². The molecular weight excluding hydrogens is 312 g/mol. The zero-order chi connectivity index (χ0) is 17.3. The number of nitrogens with zero attached hydrogens (tertiary/aromatic N) is 4. The van der Waals surface area contributed by atoms with Crippen molar-refractivity contribution in [3.63, 3.8) is 0 Å². The number of methoxy groups -OCH3 is 1. The molecule has 2 atom stereocenters. The van der Waals surface area contributed by atoms with Gasteiger partial charge in [0, 0.05) is 11.3 Å². The van der Waals surface area contributed by atoms with Crippen molar-refractivity contribution in [1.29, 1.82) is 0 Å². The average molecular weight is 330 g/mol. The number of esters is 1. The molecule has 0 spiro atoms. The van der Waals surface area contributed by atoms with Crippen molar-refractivity contribution < 1.29 is 18.9 Å². The smallest absolute Gasteiger partial charge is 0.317 e. The Morgan fingerprint density at radius 1 is 1.29 bits per heavy atom. The Balaban J connectivity index is 2.09. The molecule has 0 N–H and O–H groups in total. The summed E-state index contributed by atoms with van der Waals surface area (Å²) in [4.78, 5) is 21.3. The summed E-state index contributed by atoms with van der Waals surface area (Å²) in [6, 6.07) is 5.07. The van der Waals surface area contributed by atoms with Gasteiger partial charge in [0.1, 0.15) is 23.0 Å². The quantitative estimate of drug-likeness (QED) is 0.801. The van der Waals surface area contributed by atoms with Gasteiger partial charge in [-0.05, 0) is 37.2 Å². The van der Waals surface area contributed by atoms with E-state index in [0.717, 1.165) is 0 Å². The summed E-state index contributed by atoms with van der Waals surface area (Å²) >= 11 is 0. The van der Waals surface area contributed by atoms with Crippen LogP contribution >= 0.6 is 0 Å². The summed E-state index contributed by atoms with van der Waals surface area (Å²) in [5.41, 5.74) is 2.44. The predicted molar refractivity (Wildman–Crippen MR) is 86.8 cm³/mol. The number of carbonyl (C=O) groups excluding carboxylic acids is 1. The Morgan fingerprint density at radius 2 is 2.08 bits per heavy atom. The fourth-order valence-corrected chi connectivity index (χ4v) is 2.69. The number of carbonyl (C=O) groups is 1. The first-order valence-electron chi connectivity index (χ1n) is 7.60. The molecule has 126 valence electrons. The van der Waals surface area contributed by atoms with Gasteiger partial charge in [0.05, 0.1) is 13.2 Å². The van der Waals surface area contributed by atoms with E-state index >= 15 is 0 Å². The topological polar surface area (TPSA) is 99.2 Å². The number of rotatable bonds is 3. The minimum atomic E-state index is -0.659. The first-order valence-corrected chi connectivity index (χ1v) is 7.60. The second-order valence-electron chi connectivity index (χ2n) is 5.76. The highest BCUT2D eigenvalue weighted by Gasteiger charge is 2.38. The molecule has 8 nitrogen and oxygen atoms in total. The van der Waals surface area contributed by atoms with E-state index < -0.39 is 12.0 Å². The minimum Gasteiger partial charge on any atom is -0.467 e. The molecule has 0 amide bonds. The molecule has 2 unspecified atom stereocenters. The van der Waals surface area contributed by atoms with E-state index in [-0.39, 0.29) is 18.1 Å². The van der Waals surface area contributed by atoms with Gasteiger partial charge in [0.25, 0.3) is 0 Å². The van der Waals surface area contributed by atoms with Gasteiger partial charge in [-0.25, -0.2) is 14.6 Å². The number of aromatic nitrogens is 2. The van der Waals surface area contributed by atoms with Crippen LogP contribution in [-0.2, 0) is 14.3 Å². The first-order chi connectivity index (χ1) is 11.5. The van der Waals surface area contributed by atoms with Crippen LogP contribution in [0.25, 0.3) is 11.0 Å². The fraction of sp³-hybridized carbons (Fsp3) is 0.438. The predicted octanol–water partition coefficient (Wildman–Crippen LogP) is 2.31. The fourth-order valence-electron chi connectivity index (χ4n) is 2.69. The van der Waals surface area contributed by atoms with Gasteiger partial charge in [-0.1, -0.05) is 12.1 Å². The number of hydrogen-bond acceptors (Lipinski definition) is 8. The Hall–Kier alpha value is -2.77. The molecule has 3 rings (SSSR count). The standard InChI is InChI=1S/C16H18N4O4/c1-8(2)23-15(21)12-9(3)17-16(22-4)18-14(12)10-6-5-7-11-13(10)20-24-19-11/h5-8,12,14H,1-4H3. The summed E-state index contributed by atoms with van der Waals surface area (Å²) in [6.07, 6.45) is -0.233. The summed E-state index contributed by atoms with van der Waals surface area (Å²) < 4.78 is 15.4. The number of amidine groups is 1. The van der Waals surface area contributed by atoms with Crippen molar-refractivity contribution >= 4 is 28.7 Å². The van der Waals surface area contributed by atoms with Crippen molar-refractivity contribution in [3.8, 4) is 0 Å². The Morgan fingerprint density at radius 3 is 2.79 bits per heavy atom. The van der Waals surface area contributed by atoms with Crippen LogP contribution in [0.1, 0.15) is 32.4 Å². The third kappa shape index (κ3) is 2.86. The lowest BCUT2D eigenvalue weighted by Gasteiger charge is -2.27. The second kappa shape index (κ2) is 6.38. The van der Waals surface area contributed by atoms with Gasteiger partial charge in [0.2, 0.25) is 0 Å². The number of benzene rings is 1. The Labute approximate surface area is 138 Å². The number of hydrogen-bond donors (Lipinski definition) is 0. The number of ether oxygens (including phenoxy) is 2. The van der Waals surface area contributed by atoms with E-state index in [2.05, 4.69) is 20.3 Å². The zero-order valence-electron chi connectivity index (χ0n) is 13.9. The van der Waals surface area contributed by atoms with E-state index in [1.54, 1.807) is 26.8 Å². The summed E-state index contributed by atoms with van der Waals surface area (Å²) in [6.45, 7) is 5.36. The molecule has 1 aromatic carbocycles. The van der Waals surface area contributed by atoms with Crippen LogP contribution in [0.15, 0.2) is 32.8 Å². The van der Waals surface area contributed by atoms with Gasteiger partial charge >= 0.3 is 12.0 Å². The Bertz CT molecular complexity index is 824. The molecule has 1 aliphatic heterocycles. The van der Waals surface area contributed by atoms with E-state index in [4.69, 9.17) is 14.1 Å². The van der Waals surface area contributed by atoms with Gasteiger partial charge in [-0.15, -0.1) is 0 Å². The molecule has 2 aromatic rings. The van der Waals surface area contributed by atoms with E-state index in [1.807, 2.05) is 12.1 Å². The van der Waals surface area contributed by atoms with Crippen LogP contribution in [0, 0.1) is 5.92 Å². The summed E-state index contributed by atoms with van der Waals surface area (Å²) in [5, 5.41) is 7.77. The van der Waals surface area contributed by atoms with Crippen molar-refractivity contribution in [3.05, 3.63) is 23.8 Å². The molecule has 24 heavy (non-hydrogen) atoms. The number of aliphatic imine (C=N–C) groups is 2. The molecule has 8 heteroatoms. The highest BCUT2D eigenvalue weighted by Crippen LogP contribution is 2.35. The maximum absolute atomic E-state index is 12.6. The molecule has 0 radical (unpaired) electrons. The maximum Gasteiger partial charge on any atom is 0.317 e. The summed E-state index contributed by atoms with van der Waals surface area (Å²) in [7, 11) is 1.48. The van der Waals surface area contributed by atoms with Crippen LogP contribution in [0.4, 0.5) is 0 Å². The highest BCUT2D eigenvalue weighted by atomic mass is 16.6. The molecule has 0 fully saturated rings. The molecule has 0 saturated carbocycles. The largest absolute Gasteiger partial charge is 0.467 e. The lowest BCUT2D eigenvalue weighted by Crippen LogP contribution is -2.35. The molecule has 0 bridgehead atoms. The molecule has 1 aromatic heterocycles. The van der Waals surface area contributed by atoms with Crippen molar-refractivity contribution in [1.82, 2.24) is 10.3 Å². The summed E-state index contributed by atoms with van der Waals surface area (Å²) in [5.74, 6) is -1.04. The monoisotopic (exact) mass is 330 g/mol. The van der Waals surface area contributed by atoms with Crippen LogP contribution in [0.3, 0.4) is 0 Å². The molecule has 1 aliphatic rings. The first kappa shape index (κ1) is 16.1. The maximum atomic E-state index is 12.6. The van der Waals surface area contributed by atoms with Gasteiger partial charge in [-0.2, -0.15) is 0 Å². The molecular formula is C16H18N4O4. The number of fused-ring (bicyclic) bond motifs is 1. The molecule has 2 heterocycles. The van der Waals surface area contributed by atoms with Gasteiger partial charge < -0.3 is 9.47 Å². The Kier molecular flexibility index (Phi) is 4.28. The van der Waals surface area contributed by atoms with Crippen LogP contribution < -0.4 is 0 Å². The van der Waals surface area contributed by atoms with Crippen molar-refractivity contribution in [2.75, 3.05) is 7.11 Å². The molecule has 0 aliphatic carbocycles. The van der Waals surface area contributed by atoms with Crippen molar-refractivity contribution in [2.24, 2.45) is 15.9 Å². The van der Waals surface area contributed by atoms with Crippen LogP contribution in [-0.4, -0.2) is 41.2 Å². The highest BCUT2D eigenvalue weighted by molar-refractivity contribution is 6.08. The van der Waals surface area contributed by atoms with Gasteiger partial charge in [0.15, 0.2) is 0 Å². The second-order valence-corrected chi connectivity index (χ2v) is 5.76. The zero-order valence-corrected chi connectivity index (χ0v) is 13.9. The SMILES string of the molecule is COC1=NC(c2cccc3nonc23)C(C(=O)OC(C)C)C(C)=N1. The van der Waals surface area contributed by atoms with Crippen LogP contribution in [0.2, 0.25) is 0 Å². The normalized spacial score (nSPS) is 20.7. The average Bonchev–Trinajstić information content (AvgIpc) is 3.01. The third-order valence-corrected chi connectivity index (χ3v) is 3.71. The third-order valence-electron chi connectivity index (χ3n) is 3.71. The minimum absolute atomic E-state index is 0.208. The van der Waals surface area contributed by atoms with E-state index in [0.29, 0.717) is 22.3 Å². The van der Waals surface area contributed by atoms with Crippen molar-refractivity contribution in [2.45, 2.75) is 32.9 Å². The van der Waals surface area contributed by atoms with E-state index in [9.17, 15) is 4.79 Å². The van der Waals surface area contributed by atoms with Crippen LogP contribution in [0.5, 0.6) is 0 Å². The lowest BCUT2D eigenvalue weighted by molar-refractivity contribution is -0.150. The van der Waals surface area contributed by atoms with Gasteiger partial charge in [-0.3, -0.25) is 4.79 Å².